The third-order valence-corrected chi connectivity index (χ3v) is 3.15. The van der Waals surface area contributed by atoms with Crippen LogP contribution in [0.5, 0.6) is 0 Å². The van der Waals surface area contributed by atoms with Crippen LogP contribution in [0, 0.1) is 11.3 Å². The highest BCUT2D eigenvalue weighted by Gasteiger charge is 2.12. The summed E-state index contributed by atoms with van der Waals surface area (Å²) in [5.74, 6) is 0.245. The zero-order chi connectivity index (χ0) is 11.7. The van der Waals surface area contributed by atoms with Crippen molar-refractivity contribution in [3.05, 3.63) is 71.8 Å². The zero-order valence-corrected chi connectivity index (χ0v) is 9.30. The van der Waals surface area contributed by atoms with Gasteiger partial charge in [-0.05, 0) is 28.5 Å². The molecule has 0 N–H and O–H groups in total. The number of fused-ring (bicyclic) bond motifs is 1. The Morgan fingerprint density at radius 3 is 2.24 bits per heavy atom. The first-order valence-electron chi connectivity index (χ1n) is 5.66. The maximum absolute atomic E-state index is 9.24. The molecule has 3 rings (SSSR count). The van der Waals surface area contributed by atoms with Gasteiger partial charge in [0.05, 0.1) is 11.6 Å². The molecule has 0 aromatic heterocycles. The first-order chi connectivity index (χ1) is 8.38. The fourth-order valence-corrected chi connectivity index (χ4v) is 2.27. The quantitative estimate of drug-likeness (QED) is 0.710. The van der Waals surface area contributed by atoms with Gasteiger partial charge in [-0.1, -0.05) is 48.6 Å². The minimum absolute atomic E-state index is 0.245. The minimum Gasteiger partial charge on any atom is -0.192 e. The Balaban J connectivity index is 2.26. The van der Waals surface area contributed by atoms with E-state index in [-0.39, 0.29) is 5.92 Å². The number of hydrogen-bond donors (Lipinski definition) is 0. The molecule has 0 saturated carbocycles. The van der Waals surface area contributed by atoms with Gasteiger partial charge in [0.2, 0.25) is 0 Å². The van der Waals surface area contributed by atoms with Gasteiger partial charge in [-0.2, -0.15) is 5.26 Å². The molecule has 2 aromatic rings. The van der Waals surface area contributed by atoms with Gasteiger partial charge in [0, 0.05) is 5.92 Å². The molecule has 1 aliphatic rings. The van der Waals surface area contributed by atoms with E-state index < -0.39 is 0 Å². The Bertz CT molecular complexity index is 659. The fourth-order valence-electron chi connectivity index (χ4n) is 2.27. The molecule has 0 aliphatic heterocycles. The molecule has 0 spiro atoms. The van der Waals surface area contributed by atoms with Gasteiger partial charge in [0.25, 0.3) is 0 Å². The van der Waals surface area contributed by atoms with Crippen molar-refractivity contribution in [3.8, 4) is 6.07 Å². The number of allylic oxidation sites excluding steroid dienone is 4. The highest BCUT2D eigenvalue weighted by Crippen LogP contribution is 2.29. The Labute approximate surface area is 100 Å². The maximum atomic E-state index is 9.24. The second-order valence-electron chi connectivity index (χ2n) is 4.19. The van der Waals surface area contributed by atoms with Crippen molar-refractivity contribution in [2.45, 2.75) is 5.92 Å². The first kappa shape index (κ1) is 9.86. The van der Waals surface area contributed by atoms with Crippen molar-refractivity contribution in [2.75, 3.05) is 0 Å². The van der Waals surface area contributed by atoms with Gasteiger partial charge in [0.1, 0.15) is 0 Å². The topological polar surface area (TPSA) is 23.8 Å². The van der Waals surface area contributed by atoms with Crippen molar-refractivity contribution < 1.29 is 0 Å². The zero-order valence-electron chi connectivity index (χ0n) is 9.30. The lowest BCUT2D eigenvalue weighted by Crippen LogP contribution is -1.94. The first-order valence-corrected chi connectivity index (χ1v) is 5.66. The van der Waals surface area contributed by atoms with Crippen molar-refractivity contribution in [1.82, 2.24) is 0 Å². The lowest BCUT2D eigenvalue weighted by atomic mass is 9.93. The third kappa shape index (κ3) is 1.64. The third-order valence-electron chi connectivity index (χ3n) is 3.15. The lowest BCUT2D eigenvalue weighted by Gasteiger charge is -2.10. The van der Waals surface area contributed by atoms with E-state index in [1.54, 1.807) is 0 Å². The molecule has 0 bridgehead atoms. The summed E-state index contributed by atoms with van der Waals surface area (Å²) in [5.41, 5.74) is 1.86. The van der Waals surface area contributed by atoms with Crippen LogP contribution < -0.4 is 0 Å². The molecule has 17 heavy (non-hydrogen) atoms. The van der Waals surface area contributed by atoms with E-state index in [4.69, 9.17) is 0 Å². The monoisotopic (exact) mass is 217 g/mol. The minimum atomic E-state index is 0.245. The van der Waals surface area contributed by atoms with Crippen LogP contribution in [0.1, 0.15) is 17.0 Å². The van der Waals surface area contributed by atoms with Crippen LogP contribution in [-0.4, -0.2) is 0 Å². The second kappa shape index (κ2) is 3.92. The smallest absolute Gasteiger partial charge is 0.0995 e. The summed E-state index contributed by atoms with van der Waals surface area (Å²) in [6.45, 7) is 0. The summed E-state index contributed by atoms with van der Waals surface area (Å²) < 4.78 is 0. The van der Waals surface area contributed by atoms with Gasteiger partial charge in [-0.25, -0.2) is 0 Å². The average Bonchev–Trinajstić information content (AvgIpc) is 2.91. The molecule has 0 saturated heterocycles. The Hall–Kier alpha value is -2.33. The van der Waals surface area contributed by atoms with Crippen LogP contribution >= 0.6 is 0 Å². The molecule has 1 nitrogen and oxygen atoms in total. The van der Waals surface area contributed by atoms with Gasteiger partial charge in [-0.3, -0.25) is 0 Å². The second-order valence-corrected chi connectivity index (χ2v) is 4.19. The summed E-state index contributed by atoms with van der Waals surface area (Å²) in [6.07, 6.45) is 8.29. The van der Waals surface area contributed by atoms with E-state index in [1.807, 2.05) is 36.4 Å². The van der Waals surface area contributed by atoms with Crippen LogP contribution in [0.15, 0.2) is 60.7 Å². The summed E-state index contributed by atoms with van der Waals surface area (Å²) in [7, 11) is 0. The van der Waals surface area contributed by atoms with E-state index >= 15 is 0 Å². The Morgan fingerprint density at radius 1 is 0.941 bits per heavy atom. The molecule has 0 amide bonds. The molecule has 0 radical (unpaired) electrons. The number of benzene rings is 2. The van der Waals surface area contributed by atoms with E-state index in [0.717, 1.165) is 16.5 Å². The highest BCUT2D eigenvalue weighted by molar-refractivity contribution is 5.85. The van der Waals surface area contributed by atoms with E-state index in [2.05, 4.69) is 30.4 Å². The van der Waals surface area contributed by atoms with Crippen LogP contribution in [0.4, 0.5) is 0 Å². The normalized spacial score (nSPS) is 14.3. The van der Waals surface area contributed by atoms with Gasteiger partial charge >= 0.3 is 0 Å². The molecule has 0 fully saturated rings. The number of nitrogens with zero attached hydrogens (tertiary/aromatic N) is 1. The highest BCUT2D eigenvalue weighted by atomic mass is 14.3. The number of hydrogen-bond acceptors (Lipinski definition) is 1. The van der Waals surface area contributed by atoms with Crippen LogP contribution in [0.2, 0.25) is 0 Å². The summed E-state index contributed by atoms with van der Waals surface area (Å²) >= 11 is 0. The molecule has 0 heterocycles. The van der Waals surface area contributed by atoms with Crippen molar-refractivity contribution in [1.29, 1.82) is 5.26 Å². The molecular formula is C16H11N. The molecule has 0 atom stereocenters. The van der Waals surface area contributed by atoms with E-state index in [9.17, 15) is 5.26 Å². The fraction of sp³-hybridized carbons (Fsp3) is 0.0625. The van der Waals surface area contributed by atoms with Gasteiger partial charge in [-0.15, -0.1) is 0 Å². The van der Waals surface area contributed by atoms with Crippen molar-refractivity contribution in [3.63, 3.8) is 0 Å². The average molecular weight is 217 g/mol. The summed E-state index contributed by atoms with van der Waals surface area (Å²) in [5, 5.41) is 11.6. The van der Waals surface area contributed by atoms with Gasteiger partial charge < -0.3 is 0 Å². The summed E-state index contributed by atoms with van der Waals surface area (Å²) in [6, 6.07) is 14.5. The Kier molecular flexibility index (Phi) is 2.27. The summed E-state index contributed by atoms with van der Waals surface area (Å²) in [4.78, 5) is 0. The predicted octanol–water partition coefficient (Wildman–Crippen LogP) is 3.92. The lowest BCUT2D eigenvalue weighted by molar-refractivity contribution is 1.10. The van der Waals surface area contributed by atoms with E-state index in [1.165, 1.54) is 5.39 Å². The van der Waals surface area contributed by atoms with Crippen LogP contribution in [0.25, 0.3) is 10.8 Å². The van der Waals surface area contributed by atoms with Crippen molar-refractivity contribution in [2.24, 2.45) is 0 Å². The van der Waals surface area contributed by atoms with E-state index in [0.29, 0.717) is 0 Å². The maximum Gasteiger partial charge on any atom is 0.0995 e. The van der Waals surface area contributed by atoms with Crippen LogP contribution in [0.3, 0.4) is 0 Å². The molecule has 2 aromatic carbocycles. The SMILES string of the molecule is N#Cc1cc2ccccc2cc1C1C=CC=C1. The number of rotatable bonds is 1. The van der Waals surface area contributed by atoms with Crippen LogP contribution in [-0.2, 0) is 0 Å². The standard InChI is InChI=1S/C16H11N/c17-11-15-9-13-7-3-4-8-14(13)10-16(15)12-5-1-2-6-12/h1-10,12H. The Morgan fingerprint density at radius 2 is 1.59 bits per heavy atom. The molecule has 1 aliphatic carbocycles. The van der Waals surface area contributed by atoms with Crippen molar-refractivity contribution >= 4 is 10.8 Å². The molecule has 0 unspecified atom stereocenters. The molecule has 80 valence electrons. The number of nitriles is 1. The van der Waals surface area contributed by atoms with Gasteiger partial charge in [0.15, 0.2) is 0 Å². The molecule has 1 heteroatoms. The molecular weight excluding hydrogens is 206 g/mol. The predicted molar refractivity (Wildman–Crippen MR) is 69.7 cm³/mol. The largest absolute Gasteiger partial charge is 0.192 e.